The Balaban J connectivity index is 2.12. The molecule has 0 amide bonds. The molecule has 1 aliphatic heterocycles. The van der Waals surface area contributed by atoms with Crippen molar-refractivity contribution in [2.75, 3.05) is 6.61 Å². The molecule has 13 heavy (non-hydrogen) atoms. The van der Waals surface area contributed by atoms with Crippen molar-refractivity contribution >= 4 is 11.3 Å². The molecule has 0 spiro atoms. The molecule has 1 unspecified atom stereocenters. The number of thiophene rings is 1. The van der Waals surface area contributed by atoms with Crippen molar-refractivity contribution in [1.82, 2.24) is 0 Å². The third-order valence-electron chi connectivity index (χ3n) is 2.17. The number of rotatable bonds is 2. The summed E-state index contributed by atoms with van der Waals surface area (Å²) < 4.78 is 5.50. The molecule has 2 nitrogen and oxygen atoms in total. The molecule has 0 saturated heterocycles. The topological polar surface area (TPSA) is 35.2 Å². The Morgan fingerprint density at radius 3 is 3.08 bits per heavy atom. The van der Waals surface area contributed by atoms with E-state index in [-0.39, 0.29) is 6.04 Å². The van der Waals surface area contributed by atoms with Crippen LogP contribution in [-0.2, 0) is 4.74 Å². The van der Waals surface area contributed by atoms with Crippen LogP contribution < -0.4 is 5.73 Å². The summed E-state index contributed by atoms with van der Waals surface area (Å²) in [6.07, 6.45) is 4.30. The van der Waals surface area contributed by atoms with Crippen LogP contribution in [0, 0.1) is 0 Å². The highest BCUT2D eigenvalue weighted by molar-refractivity contribution is 7.07. The summed E-state index contributed by atoms with van der Waals surface area (Å²) in [5.74, 6) is 0.935. The van der Waals surface area contributed by atoms with Crippen LogP contribution in [0.5, 0.6) is 0 Å². The summed E-state index contributed by atoms with van der Waals surface area (Å²) in [6, 6.07) is 1.99. The highest BCUT2D eigenvalue weighted by Crippen LogP contribution is 2.24. The van der Waals surface area contributed by atoms with E-state index < -0.39 is 0 Å². The maximum Gasteiger partial charge on any atom is 0.113 e. The van der Waals surface area contributed by atoms with Crippen LogP contribution in [0.25, 0.3) is 0 Å². The predicted octanol–water partition coefficient (Wildman–Crippen LogP) is 2.44. The van der Waals surface area contributed by atoms with Crippen molar-refractivity contribution < 1.29 is 4.74 Å². The molecule has 1 atom stereocenters. The minimum absolute atomic E-state index is 0.0634. The lowest BCUT2D eigenvalue weighted by molar-refractivity contribution is 0.176. The van der Waals surface area contributed by atoms with Gasteiger partial charge in [0.2, 0.25) is 0 Å². The highest BCUT2D eigenvalue weighted by Gasteiger charge is 2.15. The normalized spacial score (nSPS) is 19.0. The van der Waals surface area contributed by atoms with E-state index in [1.807, 2.05) is 11.4 Å². The zero-order valence-electron chi connectivity index (χ0n) is 7.40. The molecule has 1 aromatic heterocycles. The quantitative estimate of drug-likeness (QED) is 0.786. The Hall–Kier alpha value is -0.800. The summed E-state index contributed by atoms with van der Waals surface area (Å²) >= 11 is 1.67. The van der Waals surface area contributed by atoms with Gasteiger partial charge in [-0.15, -0.1) is 0 Å². The molecule has 2 rings (SSSR count). The van der Waals surface area contributed by atoms with Gasteiger partial charge in [-0.1, -0.05) is 0 Å². The molecule has 0 aliphatic carbocycles. The fourth-order valence-corrected chi connectivity index (χ4v) is 2.11. The SMILES string of the molecule is NC(C1=CCCCO1)c1ccsc1. The first-order chi connectivity index (χ1) is 6.38. The van der Waals surface area contributed by atoms with E-state index >= 15 is 0 Å². The number of hydrogen-bond donors (Lipinski definition) is 1. The number of nitrogens with two attached hydrogens (primary N) is 1. The van der Waals surface area contributed by atoms with Gasteiger partial charge in [0.25, 0.3) is 0 Å². The van der Waals surface area contributed by atoms with E-state index in [1.54, 1.807) is 11.3 Å². The van der Waals surface area contributed by atoms with Gasteiger partial charge in [0.05, 0.1) is 12.6 Å². The molecule has 1 aliphatic rings. The van der Waals surface area contributed by atoms with Gasteiger partial charge in [0.1, 0.15) is 5.76 Å². The van der Waals surface area contributed by atoms with E-state index in [2.05, 4.69) is 11.5 Å². The number of hydrogen-bond acceptors (Lipinski definition) is 3. The lowest BCUT2D eigenvalue weighted by Gasteiger charge is -2.19. The Morgan fingerprint density at radius 1 is 1.54 bits per heavy atom. The van der Waals surface area contributed by atoms with E-state index in [4.69, 9.17) is 10.5 Å². The molecule has 2 N–H and O–H groups in total. The van der Waals surface area contributed by atoms with Gasteiger partial charge in [-0.05, 0) is 41.3 Å². The second kappa shape index (κ2) is 3.94. The summed E-state index contributed by atoms with van der Waals surface area (Å²) in [7, 11) is 0. The molecule has 0 bridgehead atoms. The molecular formula is C10H13NOS. The molecule has 3 heteroatoms. The average molecular weight is 195 g/mol. The maximum absolute atomic E-state index is 6.03. The van der Waals surface area contributed by atoms with Gasteiger partial charge in [0, 0.05) is 0 Å². The molecule has 0 aromatic carbocycles. The van der Waals surface area contributed by atoms with Crippen LogP contribution in [0.3, 0.4) is 0 Å². The minimum Gasteiger partial charge on any atom is -0.496 e. The van der Waals surface area contributed by atoms with Crippen molar-refractivity contribution in [1.29, 1.82) is 0 Å². The third kappa shape index (κ3) is 1.92. The van der Waals surface area contributed by atoms with Crippen molar-refractivity contribution in [3.8, 4) is 0 Å². The Bertz CT molecular complexity index is 292. The largest absolute Gasteiger partial charge is 0.496 e. The van der Waals surface area contributed by atoms with Crippen LogP contribution >= 0.6 is 11.3 Å². The molecule has 70 valence electrons. The first kappa shape index (κ1) is 8.78. The van der Waals surface area contributed by atoms with Gasteiger partial charge in [-0.2, -0.15) is 11.3 Å². The number of ether oxygens (including phenoxy) is 1. The van der Waals surface area contributed by atoms with E-state index in [9.17, 15) is 0 Å². The van der Waals surface area contributed by atoms with Crippen LogP contribution in [0.1, 0.15) is 24.4 Å². The summed E-state index contributed by atoms with van der Waals surface area (Å²) in [5, 5.41) is 4.11. The molecule has 0 saturated carbocycles. The molecule has 2 heterocycles. The second-order valence-electron chi connectivity index (χ2n) is 3.13. The van der Waals surface area contributed by atoms with Crippen molar-refractivity contribution in [2.24, 2.45) is 5.73 Å². The molecule has 0 fully saturated rings. The van der Waals surface area contributed by atoms with E-state index in [0.717, 1.165) is 30.8 Å². The first-order valence-electron chi connectivity index (χ1n) is 4.48. The number of allylic oxidation sites excluding steroid dienone is 1. The van der Waals surface area contributed by atoms with Gasteiger partial charge < -0.3 is 10.5 Å². The van der Waals surface area contributed by atoms with Crippen LogP contribution in [-0.4, -0.2) is 6.61 Å². The van der Waals surface area contributed by atoms with Crippen LogP contribution in [0.15, 0.2) is 28.7 Å². The lowest BCUT2D eigenvalue weighted by Crippen LogP contribution is -2.17. The predicted molar refractivity (Wildman–Crippen MR) is 54.5 cm³/mol. The van der Waals surface area contributed by atoms with E-state index in [0.29, 0.717) is 0 Å². The zero-order valence-corrected chi connectivity index (χ0v) is 8.22. The zero-order chi connectivity index (χ0) is 9.10. The van der Waals surface area contributed by atoms with Gasteiger partial charge in [-0.3, -0.25) is 0 Å². The summed E-state index contributed by atoms with van der Waals surface area (Å²) in [4.78, 5) is 0. The summed E-state index contributed by atoms with van der Waals surface area (Å²) in [6.45, 7) is 0.809. The fourth-order valence-electron chi connectivity index (χ4n) is 1.41. The second-order valence-corrected chi connectivity index (χ2v) is 3.91. The first-order valence-corrected chi connectivity index (χ1v) is 5.43. The minimum atomic E-state index is -0.0634. The van der Waals surface area contributed by atoms with Crippen molar-refractivity contribution in [2.45, 2.75) is 18.9 Å². The molecular weight excluding hydrogens is 182 g/mol. The monoisotopic (exact) mass is 195 g/mol. The Labute approximate surface area is 82.0 Å². The summed E-state index contributed by atoms with van der Waals surface area (Å²) in [5.41, 5.74) is 7.18. The van der Waals surface area contributed by atoms with Crippen molar-refractivity contribution in [3.05, 3.63) is 34.2 Å². The third-order valence-corrected chi connectivity index (χ3v) is 2.87. The fraction of sp³-hybridized carbons (Fsp3) is 0.400. The van der Waals surface area contributed by atoms with Gasteiger partial charge in [0.15, 0.2) is 0 Å². The highest BCUT2D eigenvalue weighted by atomic mass is 32.1. The smallest absolute Gasteiger partial charge is 0.113 e. The van der Waals surface area contributed by atoms with E-state index in [1.165, 1.54) is 0 Å². The Kier molecular flexibility index (Phi) is 2.66. The van der Waals surface area contributed by atoms with Crippen LogP contribution in [0.2, 0.25) is 0 Å². The van der Waals surface area contributed by atoms with Gasteiger partial charge in [-0.25, -0.2) is 0 Å². The molecule has 1 aromatic rings. The Morgan fingerprint density at radius 2 is 2.46 bits per heavy atom. The lowest BCUT2D eigenvalue weighted by atomic mass is 10.1. The van der Waals surface area contributed by atoms with Crippen molar-refractivity contribution in [3.63, 3.8) is 0 Å². The maximum atomic E-state index is 6.03. The average Bonchev–Trinajstić information content (AvgIpc) is 2.71. The standard InChI is InChI=1S/C10H13NOS/c11-10(8-4-6-13-7-8)9-3-1-2-5-12-9/h3-4,6-7,10H,1-2,5,11H2. The van der Waals surface area contributed by atoms with Crippen LogP contribution in [0.4, 0.5) is 0 Å². The van der Waals surface area contributed by atoms with Gasteiger partial charge >= 0.3 is 0 Å². The molecule has 0 radical (unpaired) electrons.